The molecule has 0 radical (unpaired) electrons. The maximum absolute atomic E-state index is 13.7. The summed E-state index contributed by atoms with van der Waals surface area (Å²) in [6, 6.07) is 18.4. The molecule has 0 spiro atoms. The molecule has 0 bridgehead atoms. The molecule has 164 valence electrons. The van der Waals surface area contributed by atoms with Crippen LogP contribution in [0.2, 0.25) is 10.0 Å². The summed E-state index contributed by atoms with van der Waals surface area (Å²) in [5, 5.41) is 10.3. The molecule has 1 saturated heterocycles. The quantitative estimate of drug-likeness (QED) is 0.384. The molecule has 0 aromatic heterocycles. The molecule has 5 nitrogen and oxygen atoms in total. The molecule has 0 aliphatic carbocycles. The highest BCUT2D eigenvalue weighted by molar-refractivity contribution is 9.10. The topological polar surface area (TPSA) is 60.9 Å². The summed E-state index contributed by atoms with van der Waals surface area (Å²) in [5.74, 6) is -0.229. The van der Waals surface area contributed by atoms with Gasteiger partial charge in [-0.1, -0.05) is 63.4 Å². The lowest BCUT2D eigenvalue weighted by Gasteiger charge is -2.32. The van der Waals surface area contributed by atoms with Crippen molar-refractivity contribution in [1.29, 1.82) is 0 Å². The van der Waals surface area contributed by atoms with E-state index in [-0.39, 0.29) is 18.2 Å². The van der Waals surface area contributed by atoms with E-state index in [2.05, 4.69) is 15.9 Å². The molecule has 1 aliphatic rings. The number of aromatic hydroxyl groups is 1. The molecule has 8 heteroatoms. The maximum Gasteiger partial charge on any atom is 0.332 e. The lowest BCUT2D eigenvalue weighted by molar-refractivity contribution is -0.124. The first kappa shape index (κ1) is 22.6. The van der Waals surface area contributed by atoms with Crippen LogP contribution in [0.25, 0.3) is 0 Å². The molecule has 1 aliphatic heterocycles. The number of imide groups is 1. The fourth-order valence-electron chi connectivity index (χ4n) is 3.87. The zero-order valence-corrected chi connectivity index (χ0v) is 20.2. The van der Waals surface area contributed by atoms with E-state index in [1.807, 2.05) is 24.3 Å². The molecule has 4 rings (SSSR count). The molecule has 3 aromatic rings. The summed E-state index contributed by atoms with van der Waals surface area (Å²) >= 11 is 15.7. The first-order valence-electron chi connectivity index (χ1n) is 9.82. The van der Waals surface area contributed by atoms with Crippen molar-refractivity contribution in [1.82, 2.24) is 4.90 Å². The minimum Gasteiger partial charge on any atom is -0.508 e. The number of benzene rings is 3. The van der Waals surface area contributed by atoms with Gasteiger partial charge in [-0.2, -0.15) is 0 Å². The van der Waals surface area contributed by atoms with Gasteiger partial charge < -0.3 is 10.0 Å². The van der Waals surface area contributed by atoms with Crippen LogP contribution in [0.3, 0.4) is 0 Å². The van der Waals surface area contributed by atoms with Gasteiger partial charge in [-0.3, -0.25) is 4.79 Å². The smallest absolute Gasteiger partial charge is 0.332 e. The van der Waals surface area contributed by atoms with E-state index in [9.17, 15) is 14.7 Å². The van der Waals surface area contributed by atoms with Crippen LogP contribution in [-0.4, -0.2) is 27.5 Å². The van der Waals surface area contributed by atoms with Crippen LogP contribution in [-0.2, 0) is 17.8 Å². The second-order valence-electron chi connectivity index (χ2n) is 7.88. The van der Waals surface area contributed by atoms with Gasteiger partial charge in [-0.15, -0.1) is 0 Å². The van der Waals surface area contributed by atoms with E-state index in [4.69, 9.17) is 23.2 Å². The maximum atomic E-state index is 13.7. The SMILES string of the molecule is C[C@@]1(Cc2ccc(Br)cc2)C(=O)N(c2cc(Cl)cc(Cl)c2)C(=O)N1Cc1ccc(O)cc1. The lowest BCUT2D eigenvalue weighted by Crippen LogP contribution is -2.48. The van der Waals surface area contributed by atoms with Crippen molar-refractivity contribution in [3.8, 4) is 5.75 Å². The van der Waals surface area contributed by atoms with Gasteiger partial charge in [0.25, 0.3) is 5.91 Å². The molecular weight excluding hydrogens is 515 g/mol. The summed E-state index contributed by atoms with van der Waals surface area (Å²) in [5.41, 5.74) is 0.889. The number of nitrogens with zero attached hydrogens (tertiary/aromatic N) is 2. The highest BCUT2D eigenvalue weighted by atomic mass is 79.9. The first-order valence-corrected chi connectivity index (χ1v) is 11.4. The normalized spacial score (nSPS) is 18.5. The average Bonchev–Trinajstić information content (AvgIpc) is 2.91. The molecule has 1 N–H and O–H groups in total. The first-order chi connectivity index (χ1) is 15.2. The van der Waals surface area contributed by atoms with Crippen LogP contribution in [0.5, 0.6) is 5.75 Å². The number of carbonyl (C=O) groups excluding carboxylic acids is 2. The van der Waals surface area contributed by atoms with Gasteiger partial charge in [0.05, 0.1) is 5.69 Å². The summed E-state index contributed by atoms with van der Waals surface area (Å²) in [7, 11) is 0. The predicted octanol–water partition coefficient (Wildman–Crippen LogP) is 6.43. The van der Waals surface area contributed by atoms with Crippen molar-refractivity contribution in [3.05, 3.63) is 92.4 Å². The van der Waals surface area contributed by atoms with E-state index in [0.717, 1.165) is 20.5 Å². The summed E-state index contributed by atoms with van der Waals surface area (Å²) in [6.45, 7) is 1.96. The summed E-state index contributed by atoms with van der Waals surface area (Å²) < 4.78 is 0.927. The molecule has 32 heavy (non-hydrogen) atoms. The number of urea groups is 1. The van der Waals surface area contributed by atoms with Crippen molar-refractivity contribution >= 4 is 56.8 Å². The Morgan fingerprint density at radius 3 is 2.06 bits per heavy atom. The zero-order chi connectivity index (χ0) is 23.0. The number of phenolic OH excluding ortho intramolecular Hbond substituents is 1. The number of phenols is 1. The lowest BCUT2D eigenvalue weighted by atomic mass is 9.90. The fraction of sp³-hybridized carbons (Fsp3) is 0.167. The Morgan fingerprint density at radius 2 is 1.47 bits per heavy atom. The van der Waals surface area contributed by atoms with Gasteiger partial charge in [0.1, 0.15) is 11.3 Å². The third-order valence-electron chi connectivity index (χ3n) is 5.53. The largest absolute Gasteiger partial charge is 0.508 e. The van der Waals surface area contributed by atoms with E-state index >= 15 is 0 Å². The highest BCUT2D eigenvalue weighted by Crippen LogP contribution is 2.38. The van der Waals surface area contributed by atoms with Crippen LogP contribution in [0.1, 0.15) is 18.1 Å². The number of amides is 3. The molecular formula is C24H19BrCl2N2O3. The van der Waals surface area contributed by atoms with E-state index in [1.54, 1.807) is 54.3 Å². The molecule has 1 fully saturated rings. The Morgan fingerprint density at radius 1 is 0.906 bits per heavy atom. The number of halogens is 3. The molecule has 3 aromatic carbocycles. The molecule has 3 amide bonds. The van der Waals surface area contributed by atoms with Crippen LogP contribution in [0.15, 0.2) is 71.2 Å². The Kier molecular flexibility index (Phi) is 6.21. The number of hydrogen-bond acceptors (Lipinski definition) is 3. The fourth-order valence-corrected chi connectivity index (χ4v) is 4.65. The number of rotatable bonds is 5. The standard InChI is InChI=1S/C24H19BrCl2N2O3/c1-24(13-15-2-6-17(25)7-3-15)22(31)29(20-11-18(26)10-19(27)12-20)23(32)28(24)14-16-4-8-21(30)9-5-16/h2-12,30H,13-14H2,1H3/t24-/m1/s1. The Labute approximate surface area is 204 Å². The second kappa shape index (κ2) is 8.77. The highest BCUT2D eigenvalue weighted by Gasteiger charge is 2.54. The summed E-state index contributed by atoms with van der Waals surface area (Å²) in [6.07, 6.45) is 0.327. The third kappa shape index (κ3) is 4.35. The van der Waals surface area contributed by atoms with Crippen molar-refractivity contribution in [2.75, 3.05) is 4.90 Å². The number of hydrogen-bond donors (Lipinski definition) is 1. The second-order valence-corrected chi connectivity index (χ2v) is 9.67. The Hall–Kier alpha value is -2.54. The third-order valence-corrected chi connectivity index (χ3v) is 6.49. The van der Waals surface area contributed by atoms with Gasteiger partial charge in [-0.25, -0.2) is 9.69 Å². The molecule has 1 atom stereocenters. The van der Waals surface area contributed by atoms with Crippen LogP contribution < -0.4 is 4.90 Å². The van der Waals surface area contributed by atoms with Crippen LogP contribution >= 0.6 is 39.1 Å². The zero-order valence-electron chi connectivity index (χ0n) is 17.1. The Balaban J connectivity index is 1.77. The summed E-state index contributed by atoms with van der Waals surface area (Å²) in [4.78, 5) is 30.0. The van der Waals surface area contributed by atoms with Gasteiger partial charge in [0, 0.05) is 27.5 Å². The number of anilines is 1. The van der Waals surface area contributed by atoms with Crippen molar-refractivity contribution in [2.24, 2.45) is 0 Å². The Bertz CT molecular complexity index is 1160. The molecule has 0 saturated carbocycles. The van der Waals surface area contributed by atoms with Gasteiger partial charge in [0.15, 0.2) is 0 Å². The van der Waals surface area contributed by atoms with Crippen molar-refractivity contribution in [2.45, 2.75) is 25.4 Å². The predicted molar refractivity (Wildman–Crippen MR) is 129 cm³/mol. The minimum atomic E-state index is -1.14. The van der Waals surface area contributed by atoms with Crippen LogP contribution in [0, 0.1) is 0 Å². The van der Waals surface area contributed by atoms with Gasteiger partial charge in [-0.05, 0) is 60.5 Å². The van der Waals surface area contributed by atoms with E-state index in [1.165, 1.54) is 0 Å². The molecule has 1 heterocycles. The number of carbonyl (C=O) groups is 2. The van der Waals surface area contributed by atoms with E-state index in [0.29, 0.717) is 22.2 Å². The van der Waals surface area contributed by atoms with E-state index < -0.39 is 11.6 Å². The monoisotopic (exact) mass is 532 g/mol. The molecule has 0 unspecified atom stereocenters. The van der Waals surface area contributed by atoms with Gasteiger partial charge >= 0.3 is 6.03 Å². The van der Waals surface area contributed by atoms with Crippen LogP contribution in [0.4, 0.5) is 10.5 Å². The van der Waals surface area contributed by atoms with Crippen molar-refractivity contribution < 1.29 is 14.7 Å². The van der Waals surface area contributed by atoms with Crippen molar-refractivity contribution in [3.63, 3.8) is 0 Å². The average molecular weight is 534 g/mol. The minimum absolute atomic E-state index is 0.130. The van der Waals surface area contributed by atoms with Gasteiger partial charge in [0.2, 0.25) is 0 Å².